The number of carbonyl (C=O) groups excluding carboxylic acids is 2. The monoisotopic (exact) mass is 428 g/mol. The second kappa shape index (κ2) is 7.80. The minimum Gasteiger partial charge on any atom is -0.325 e. The molecule has 0 atom stereocenters. The van der Waals surface area contributed by atoms with E-state index in [9.17, 15) is 22.8 Å². The van der Waals surface area contributed by atoms with Crippen LogP contribution in [-0.2, 0) is 11.0 Å². The highest BCUT2D eigenvalue weighted by Crippen LogP contribution is 2.33. The molecule has 0 spiro atoms. The first-order valence-electron chi connectivity index (χ1n) is 7.81. The predicted molar refractivity (Wildman–Crippen MR) is 98.8 cm³/mol. The first kappa shape index (κ1) is 20.2. The van der Waals surface area contributed by atoms with Crippen molar-refractivity contribution in [3.63, 3.8) is 0 Å². The fraction of sp³-hybridized carbons (Fsp3) is 0.176. The lowest BCUT2D eigenvalue weighted by molar-refractivity contribution is -0.137. The number of nitrogens with one attached hydrogen (secondary N) is 1. The summed E-state index contributed by atoms with van der Waals surface area (Å²) in [7, 11) is 0. The third-order valence-corrected chi connectivity index (χ3v) is 4.89. The van der Waals surface area contributed by atoms with Gasteiger partial charge in [0.25, 0.3) is 0 Å². The van der Waals surface area contributed by atoms with E-state index in [-0.39, 0.29) is 27.4 Å². The van der Waals surface area contributed by atoms with Gasteiger partial charge in [-0.05, 0) is 25.1 Å². The molecule has 0 aliphatic heterocycles. The largest absolute Gasteiger partial charge is 0.417 e. The van der Waals surface area contributed by atoms with E-state index >= 15 is 0 Å². The van der Waals surface area contributed by atoms with Gasteiger partial charge in [0.15, 0.2) is 16.6 Å². The average molecular weight is 429 g/mol. The fourth-order valence-corrected chi connectivity index (χ4v) is 3.36. The first-order valence-corrected chi connectivity index (χ1v) is 9.17. The number of hydrogen-bond acceptors (Lipinski definition) is 5. The molecule has 6 nitrogen and oxygen atoms in total. The molecule has 0 radical (unpaired) electrons. The zero-order chi connectivity index (χ0) is 20.5. The van der Waals surface area contributed by atoms with Crippen molar-refractivity contribution in [2.45, 2.75) is 18.3 Å². The van der Waals surface area contributed by atoms with Crippen molar-refractivity contribution >= 4 is 46.4 Å². The molecule has 28 heavy (non-hydrogen) atoms. The molecule has 1 aromatic carbocycles. The number of alkyl halides is 3. The molecule has 3 rings (SSSR count). The molecular weight excluding hydrogens is 417 g/mol. The molecular formula is C17H12ClF3N4O2S. The zero-order valence-corrected chi connectivity index (χ0v) is 15.8. The van der Waals surface area contributed by atoms with Crippen molar-refractivity contribution in [1.82, 2.24) is 14.6 Å². The van der Waals surface area contributed by atoms with Crippen LogP contribution in [-0.4, -0.2) is 32.0 Å². The Hall–Kier alpha value is -2.59. The SMILES string of the molecule is CC(=O)c1ccccc1NC(=O)CSc1nnc2c(Cl)cc(C(F)(F)F)cn12. The number of para-hydroxylation sites is 1. The Labute approximate surface area is 166 Å². The molecule has 11 heteroatoms. The van der Waals surface area contributed by atoms with Gasteiger partial charge in [-0.25, -0.2) is 0 Å². The Bertz CT molecular complexity index is 1070. The molecule has 0 aliphatic carbocycles. The van der Waals surface area contributed by atoms with Gasteiger partial charge in [-0.15, -0.1) is 10.2 Å². The standard InChI is InChI=1S/C17H12ClF3N4O2S/c1-9(26)11-4-2-3-5-13(11)22-14(27)8-28-16-24-23-15-12(18)6-10(7-25(15)16)17(19,20)21/h2-7H,8H2,1H3,(H,22,27). The number of anilines is 1. The topological polar surface area (TPSA) is 76.4 Å². The molecule has 1 N–H and O–H groups in total. The second-order valence-electron chi connectivity index (χ2n) is 5.69. The van der Waals surface area contributed by atoms with Crippen LogP contribution in [0.4, 0.5) is 18.9 Å². The number of carbonyl (C=O) groups is 2. The Kier molecular flexibility index (Phi) is 5.61. The van der Waals surface area contributed by atoms with E-state index in [1.807, 2.05) is 0 Å². The first-order chi connectivity index (χ1) is 13.2. The summed E-state index contributed by atoms with van der Waals surface area (Å²) >= 11 is 6.75. The summed E-state index contributed by atoms with van der Waals surface area (Å²) in [6, 6.07) is 7.28. The molecule has 0 saturated heterocycles. The summed E-state index contributed by atoms with van der Waals surface area (Å²) in [4.78, 5) is 23.8. The van der Waals surface area contributed by atoms with E-state index in [0.29, 0.717) is 11.3 Å². The molecule has 0 aliphatic rings. The zero-order valence-electron chi connectivity index (χ0n) is 14.2. The normalized spacial score (nSPS) is 11.6. The number of fused-ring (bicyclic) bond motifs is 1. The van der Waals surface area contributed by atoms with Crippen molar-refractivity contribution in [2.75, 3.05) is 11.1 Å². The molecule has 0 bridgehead atoms. The summed E-state index contributed by atoms with van der Waals surface area (Å²) < 4.78 is 40.0. The number of benzene rings is 1. The van der Waals surface area contributed by atoms with Gasteiger partial charge in [-0.2, -0.15) is 13.2 Å². The van der Waals surface area contributed by atoms with Crippen molar-refractivity contribution in [1.29, 1.82) is 0 Å². The van der Waals surface area contributed by atoms with Crippen molar-refractivity contribution in [3.05, 3.63) is 52.7 Å². The molecule has 0 fully saturated rings. The predicted octanol–water partition coefficient (Wildman–Crippen LogP) is 4.33. The van der Waals surface area contributed by atoms with Crippen molar-refractivity contribution in [2.24, 2.45) is 0 Å². The highest BCUT2D eigenvalue weighted by Gasteiger charge is 2.32. The summed E-state index contributed by atoms with van der Waals surface area (Å²) in [5.41, 5.74) is -0.185. The maximum atomic E-state index is 13.0. The van der Waals surface area contributed by atoms with E-state index in [1.165, 1.54) is 6.92 Å². The fourth-order valence-electron chi connectivity index (χ4n) is 2.40. The number of nitrogens with zero attached hydrogens (tertiary/aromatic N) is 3. The molecule has 0 unspecified atom stereocenters. The molecule has 0 saturated carbocycles. The van der Waals surface area contributed by atoms with Gasteiger partial charge in [0, 0.05) is 11.8 Å². The van der Waals surface area contributed by atoms with Gasteiger partial charge in [-0.1, -0.05) is 35.5 Å². The van der Waals surface area contributed by atoms with E-state index in [2.05, 4.69) is 15.5 Å². The van der Waals surface area contributed by atoms with E-state index < -0.39 is 17.6 Å². The van der Waals surface area contributed by atoms with Crippen LogP contribution in [0.15, 0.2) is 41.7 Å². The summed E-state index contributed by atoms with van der Waals surface area (Å²) in [5.74, 6) is -0.809. The molecule has 2 aromatic heterocycles. The summed E-state index contributed by atoms with van der Waals surface area (Å²) in [6.07, 6.45) is -3.76. The van der Waals surface area contributed by atoms with E-state index in [0.717, 1.165) is 28.4 Å². The smallest absolute Gasteiger partial charge is 0.325 e. The quantitative estimate of drug-likeness (QED) is 0.483. The molecule has 146 valence electrons. The lowest BCUT2D eigenvalue weighted by Gasteiger charge is -2.09. The average Bonchev–Trinajstić information content (AvgIpc) is 3.03. The third kappa shape index (κ3) is 4.28. The van der Waals surface area contributed by atoms with Crippen LogP contribution in [0.25, 0.3) is 5.65 Å². The highest BCUT2D eigenvalue weighted by molar-refractivity contribution is 7.99. The molecule has 3 aromatic rings. The summed E-state index contributed by atoms with van der Waals surface area (Å²) in [6.45, 7) is 1.38. The van der Waals surface area contributed by atoms with Crippen molar-refractivity contribution < 1.29 is 22.8 Å². The number of thioether (sulfide) groups is 1. The second-order valence-corrected chi connectivity index (χ2v) is 7.04. The number of amides is 1. The Balaban J connectivity index is 1.78. The maximum Gasteiger partial charge on any atom is 0.417 e. The van der Waals surface area contributed by atoms with Crippen LogP contribution < -0.4 is 5.32 Å². The number of aromatic nitrogens is 3. The number of rotatable bonds is 5. The molecule has 1 amide bonds. The van der Waals surface area contributed by atoms with Gasteiger partial charge < -0.3 is 5.32 Å². The van der Waals surface area contributed by atoms with Crippen LogP contribution in [0.1, 0.15) is 22.8 Å². The maximum absolute atomic E-state index is 13.0. The van der Waals surface area contributed by atoms with Crippen LogP contribution >= 0.6 is 23.4 Å². The Morgan fingerprint density at radius 3 is 2.64 bits per heavy atom. The van der Waals surface area contributed by atoms with Gasteiger partial charge >= 0.3 is 6.18 Å². The number of pyridine rings is 1. The van der Waals surface area contributed by atoms with Crippen molar-refractivity contribution in [3.8, 4) is 0 Å². The number of ketones is 1. The lowest BCUT2D eigenvalue weighted by Crippen LogP contribution is -2.16. The van der Waals surface area contributed by atoms with Crippen LogP contribution in [0, 0.1) is 0 Å². The van der Waals surface area contributed by atoms with E-state index in [4.69, 9.17) is 11.6 Å². The minimum absolute atomic E-state index is 0.0551. The van der Waals surface area contributed by atoms with E-state index in [1.54, 1.807) is 24.3 Å². The number of hydrogen-bond donors (Lipinski definition) is 1. The van der Waals surface area contributed by atoms with Gasteiger partial charge in [-0.3, -0.25) is 14.0 Å². The van der Waals surface area contributed by atoms with Gasteiger partial charge in [0.05, 0.1) is 22.0 Å². The van der Waals surface area contributed by atoms with Crippen LogP contribution in [0.2, 0.25) is 5.02 Å². The van der Waals surface area contributed by atoms with Crippen LogP contribution in [0.3, 0.4) is 0 Å². The minimum atomic E-state index is -4.59. The number of halogens is 4. The third-order valence-electron chi connectivity index (χ3n) is 3.67. The Morgan fingerprint density at radius 2 is 1.96 bits per heavy atom. The molecule has 2 heterocycles. The van der Waals surface area contributed by atoms with Crippen LogP contribution in [0.5, 0.6) is 0 Å². The van der Waals surface area contributed by atoms with Gasteiger partial charge in [0.1, 0.15) is 0 Å². The Morgan fingerprint density at radius 1 is 1.25 bits per heavy atom. The summed E-state index contributed by atoms with van der Waals surface area (Å²) in [5, 5.41) is 10.0. The highest BCUT2D eigenvalue weighted by atomic mass is 35.5. The lowest BCUT2D eigenvalue weighted by atomic mass is 10.1. The van der Waals surface area contributed by atoms with Gasteiger partial charge in [0.2, 0.25) is 5.91 Å². The number of Topliss-reactive ketones (excluding diaryl/α,β-unsaturated/α-hetero) is 1.